The van der Waals surface area contributed by atoms with Gasteiger partial charge in [0.05, 0.1) is 5.75 Å². The highest BCUT2D eigenvalue weighted by Crippen LogP contribution is 2.24. The maximum Gasteiger partial charge on any atom is 0.236 e. The molecule has 0 radical (unpaired) electrons. The molecule has 16 heavy (non-hydrogen) atoms. The van der Waals surface area contributed by atoms with Crippen LogP contribution in [0.3, 0.4) is 0 Å². The summed E-state index contributed by atoms with van der Waals surface area (Å²) < 4.78 is 27.3. The minimum Gasteiger partial charge on any atom is -0.489 e. The highest BCUT2D eigenvalue weighted by atomic mass is 35.7. The molecule has 0 aliphatic carbocycles. The zero-order chi connectivity index (χ0) is 11.6. The molecule has 0 spiro atoms. The number of benzene rings is 1. The van der Waals surface area contributed by atoms with Crippen LogP contribution in [0.5, 0.6) is 5.75 Å². The highest BCUT2D eigenvalue weighted by molar-refractivity contribution is 8.13. The lowest BCUT2D eigenvalue weighted by Crippen LogP contribution is -2.30. The van der Waals surface area contributed by atoms with Gasteiger partial charge in [0.15, 0.2) is 0 Å². The Balaban J connectivity index is 1.98. The number of hydrogen-bond donors (Lipinski definition) is 0. The summed E-state index contributed by atoms with van der Waals surface area (Å²) in [6, 6.07) is 7.00. The maximum atomic E-state index is 10.9. The van der Waals surface area contributed by atoms with E-state index in [-0.39, 0.29) is 5.75 Å². The van der Waals surface area contributed by atoms with Crippen LogP contribution in [0.2, 0.25) is 0 Å². The highest BCUT2D eigenvalue weighted by Gasteiger charge is 2.19. The lowest BCUT2D eigenvalue weighted by Gasteiger charge is -2.25. The lowest BCUT2D eigenvalue weighted by atomic mass is 10.2. The van der Waals surface area contributed by atoms with Crippen molar-refractivity contribution in [2.45, 2.75) is 11.9 Å². The molecule has 6 heteroatoms. The molecule has 1 aromatic carbocycles. The normalized spacial score (nSPS) is 16.8. The van der Waals surface area contributed by atoms with E-state index in [4.69, 9.17) is 15.4 Å². The van der Waals surface area contributed by atoms with Crippen LogP contribution in [0.25, 0.3) is 0 Å². The van der Waals surface area contributed by atoms with Crippen molar-refractivity contribution < 1.29 is 13.2 Å². The van der Waals surface area contributed by atoms with Gasteiger partial charge in [0.2, 0.25) is 9.05 Å². The van der Waals surface area contributed by atoms with Crippen molar-refractivity contribution in [3.63, 3.8) is 0 Å². The molecule has 0 bridgehead atoms. The van der Waals surface area contributed by atoms with Gasteiger partial charge in [0, 0.05) is 22.2 Å². The van der Waals surface area contributed by atoms with Gasteiger partial charge in [0.1, 0.15) is 11.9 Å². The first-order valence-electron chi connectivity index (χ1n) is 4.78. The standard InChI is InChI=1S/C10H11ClO3S2/c11-16(12,13)7-8-1-3-9(4-2-8)14-10-5-15-6-10/h1-4,10H,5-7H2. The quantitative estimate of drug-likeness (QED) is 0.793. The van der Waals surface area contributed by atoms with Crippen LogP contribution in [0.1, 0.15) is 5.56 Å². The zero-order valence-corrected chi connectivity index (χ0v) is 10.8. The summed E-state index contributed by atoms with van der Waals surface area (Å²) in [7, 11) is 1.68. The summed E-state index contributed by atoms with van der Waals surface area (Å²) in [5.74, 6) is 2.69. The Labute approximate surface area is 104 Å². The molecule has 3 nitrogen and oxygen atoms in total. The number of rotatable bonds is 4. The molecular formula is C10H11ClO3S2. The predicted molar refractivity (Wildman–Crippen MR) is 66.7 cm³/mol. The van der Waals surface area contributed by atoms with Crippen LogP contribution in [0, 0.1) is 0 Å². The molecule has 1 heterocycles. The average Bonchev–Trinajstić information content (AvgIpc) is 2.11. The Hall–Kier alpha value is -0.390. The van der Waals surface area contributed by atoms with Crippen LogP contribution in [0.15, 0.2) is 24.3 Å². The smallest absolute Gasteiger partial charge is 0.236 e. The first kappa shape index (κ1) is 12.1. The van der Waals surface area contributed by atoms with Gasteiger partial charge in [-0.2, -0.15) is 11.8 Å². The average molecular weight is 279 g/mol. The fraction of sp³-hybridized carbons (Fsp3) is 0.400. The summed E-state index contributed by atoms with van der Waals surface area (Å²) in [6.45, 7) is 0. The third-order valence-corrected chi connectivity index (χ3v) is 4.39. The van der Waals surface area contributed by atoms with Crippen molar-refractivity contribution in [1.29, 1.82) is 0 Å². The van der Waals surface area contributed by atoms with Crippen molar-refractivity contribution in [3.8, 4) is 5.75 Å². The number of hydrogen-bond acceptors (Lipinski definition) is 4. The van der Waals surface area contributed by atoms with Gasteiger partial charge in [0.25, 0.3) is 0 Å². The number of thioether (sulfide) groups is 1. The molecule has 1 fully saturated rings. The van der Waals surface area contributed by atoms with Gasteiger partial charge < -0.3 is 4.74 Å². The molecule has 0 N–H and O–H groups in total. The number of halogens is 1. The molecule has 1 aliphatic heterocycles. The van der Waals surface area contributed by atoms with Crippen molar-refractivity contribution in [2.24, 2.45) is 0 Å². The van der Waals surface area contributed by atoms with Crippen molar-refractivity contribution in [1.82, 2.24) is 0 Å². The van der Waals surface area contributed by atoms with Crippen LogP contribution < -0.4 is 4.74 Å². The molecule has 1 aromatic rings. The first-order valence-corrected chi connectivity index (χ1v) is 8.42. The number of ether oxygens (including phenoxy) is 1. The molecule has 88 valence electrons. The lowest BCUT2D eigenvalue weighted by molar-refractivity contribution is 0.240. The molecule has 1 saturated heterocycles. The second-order valence-corrected chi connectivity index (χ2v) is 7.46. The maximum absolute atomic E-state index is 10.9. The monoisotopic (exact) mass is 278 g/mol. The molecule has 0 saturated carbocycles. The Kier molecular flexibility index (Phi) is 3.66. The molecule has 2 rings (SSSR count). The van der Waals surface area contributed by atoms with Crippen LogP contribution in [-0.2, 0) is 14.8 Å². The molecule has 0 aromatic heterocycles. The summed E-state index contributed by atoms with van der Waals surface area (Å²) in [5.41, 5.74) is 0.672. The Morgan fingerprint density at radius 2 is 1.94 bits per heavy atom. The van der Waals surface area contributed by atoms with Crippen LogP contribution in [-0.4, -0.2) is 26.0 Å². The predicted octanol–water partition coefficient (Wildman–Crippen LogP) is 2.25. The van der Waals surface area contributed by atoms with E-state index in [9.17, 15) is 8.42 Å². The summed E-state index contributed by atoms with van der Waals surface area (Å²) in [4.78, 5) is 0. The molecule has 0 atom stereocenters. The van der Waals surface area contributed by atoms with Crippen LogP contribution >= 0.6 is 22.4 Å². The van der Waals surface area contributed by atoms with Gasteiger partial charge >= 0.3 is 0 Å². The van der Waals surface area contributed by atoms with E-state index in [1.54, 1.807) is 24.3 Å². The van der Waals surface area contributed by atoms with Gasteiger partial charge in [-0.15, -0.1) is 0 Å². The summed E-state index contributed by atoms with van der Waals surface area (Å²) in [5, 5.41) is 0. The minimum atomic E-state index is -3.48. The van der Waals surface area contributed by atoms with Gasteiger partial charge in [-0.1, -0.05) is 12.1 Å². The van der Waals surface area contributed by atoms with Gasteiger partial charge in [-0.3, -0.25) is 0 Å². The van der Waals surface area contributed by atoms with Gasteiger partial charge in [-0.05, 0) is 17.7 Å². The van der Waals surface area contributed by atoms with E-state index in [0.717, 1.165) is 17.3 Å². The third kappa shape index (κ3) is 3.57. The van der Waals surface area contributed by atoms with Crippen LogP contribution in [0.4, 0.5) is 0 Å². The topological polar surface area (TPSA) is 43.4 Å². The fourth-order valence-corrected chi connectivity index (χ4v) is 2.87. The van der Waals surface area contributed by atoms with Crippen molar-refractivity contribution in [3.05, 3.63) is 29.8 Å². The van der Waals surface area contributed by atoms with Crippen molar-refractivity contribution in [2.75, 3.05) is 11.5 Å². The molecular weight excluding hydrogens is 268 g/mol. The second kappa shape index (κ2) is 4.85. The van der Waals surface area contributed by atoms with E-state index >= 15 is 0 Å². The molecule has 0 amide bonds. The first-order chi connectivity index (χ1) is 7.53. The molecule has 0 unspecified atom stereocenters. The molecule has 1 aliphatic rings. The van der Waals surface area contributed by atoms with E-state index in [1.807, 2.05) is 11.8 Å². The SMILES string of the molecule is O=S(=O)(Cl)Cc1ccc(OC2CSC2)cc1. The van der Waals surface area contributed by atoms with E-state index in [1.165, 1.54) is 0 Å². The Bertz CT molecular complexity index is 451. The zero-order valence-electron chi connectivity index (χ0n) is 8.43. The van der Waals surface area contributed by atoms with E-state index in [0.29, 0.717) is 11.7 Å². The second-order valence-electron chi connectivity index (χ2n) is 3.60. The minimum absolute atomic E-state index is 0.145. The van der Waals surface area contributed by atoms with E-state index < -0.39 is 9.05 Å². The largest absolute Gasteiger partial charge is 0.489 e. The fourth-order valence-electron chi connectivity index (χ4n) is 1.34. The van der Waals surface area contributed by atoms with Gasteiger partial charge in [-0.25, -0.2) is 8.42 Å². The van der Waals surface area contributed by atoms with Crippen molar-refractivity contribution >= 4 is 31.5 Å². The van der Waals surface area contributed by atoms with E-state index in [2.05, 4.69) is 0 Å². The summed E-state index contributed by atoms with van der Waals surface area (Å²) in [6.07, 6.45) is 0.299. The Morgan fingerprint density at radius 1 is 1.31 bits per heavy atom. The third-order valence-electron chi connectivity index (χ3n) is 2.17. The summed E-state index contributed by atoms with van der Waals surface area (Å²) >= 11 is 1.85. The Morgan fingerprint density at radius 3 is 2.38 bits per heavy atom.